The molecule has 3 rings (SSSR count). The molecule has 156 valence electrons. The maximum absolute atomic E-state index is 13.0. The Labute approximate surface area is 180 Å². The van der Waals surface area contributed by atoms with Crippen molar-refractivity contribution < 1.29 is 17.9 Å². The predicted molar refractivity (Wildman–Crippen MR) is 115 cm³/mol. The maximum Gasteiger partial charge on any atom is 0.257 e. The van der Waals surface area contributed by atoms with Gasteiger partial charge in [0, 0.05) is 18.8 Å². The summed E-state index contributed by atoms with van der Waals surface area (Å²) < 4.78 is 32.5. The van der Waals surface area contributed by atoms with Crippen molar-refractivity contribution in [1.82, 2.24) is 4.31 Å². The van der Waals surface area contributed by atoms with E-state index in [-0.39, 0.29) is 33.6 Å². The second-order valence-electron chi connectivity index (χ2n) is 7.01. The van der Waals surface area contributed by atoms with Gasteiger partial charge in [0.25, 0.3) is 5.91 Å². The normalized spacial score (nSPS) is 15.3. The lowest BCUT2D eigenvalue weighted by Gasteiger charge is -2.26. The fraction of sp³-hybridized carbons (Fsp3) is 0.350. The largest absolute Gasteiger partial charge is 0.379 e. The van der Waals surface area contributed by atoms with Crippen LogP contribution in [0.1, 0.15) is 27.0 Å². The number of ether oxygens (including phenoxy) is 1. The third kappa shape index (κ3) is 4.59. The number of amides is 1. The lowest BCUT2D eigenvalue weighted by Crippen LogP contribution is -2.40. The van der Waals surface area contributed by atoms with Gasteiger partial charge in [0.15, 0.2) is 0 Å². The van der Waals surface area contributed by atoms with Crippen molar-refractivity contribution in [2.24, 2.45) is 0 Å². The van der Waals surface area contributed by atoms with Crippen LogP contribution in [0.15, 0.2) is 29.2 Å². The van der Waals surface area contributed by atoms with E-state index >= 15 is 0 Å². The lowest BCUT2D eigenvalue weighted by atomic mass is 10.0. The molecule has 1 amide bonds. The molecule has 0 bridgehead atoms. The van der Waals surface area contributed by atoms with E-state index in [9.17, 15) is 13.2 Å². The van der Waals surface area contributed by atoms with E-state index in [4.69, 9.17) is 27.9 Å². The van der Waals surface area contributed by atoms with Crippen molar-refractivity contribution in [3.05, 3.63) is 56.6 Å². The van der Waals surface area contributed by atoms with E-state index in [1.54, 1.807) is 0 Å². The fourth-order valence-corrected chi connectivity index (χ4v) is 5.63. The lowest BCUT2D eigenvalue weighted by molar-refractivity contribution is 0.0730. The SMILES string of the molecule is Cc1cc(C)c(NC(=O)c2cc(S(=O)(=O)N3CCOCC3)c(Cl)cc2Cl)c(C)c1. The van der Waals surface area contributed by atoms with Crippen LogP contribution in [0.2, 0.25) is 10.0 Å². The number of hydrogen-bond acceptors (Lipinski definition) is 4. The number of carbonyl (C=O) groups is 1. The van der Waals surface area contributed by atoms with Crippen LogP contribution in [0.3, 0.4) is 0 Å². The molecule has 1 saturated heterocycles. The second kappa shape index (κ2) is 8.62. The summed E-state index contributed by atoms with van der Waals surface area (Å²) in [7, 11) is -3.88. The summed E-state index contributed by atoms with van der Waals surface area (Å²) >= 11 is 12.4. The highest BCUT2D eigenvalue weighted by Gasteiger charge is 2.30. The molecule has 0 aromatic heterocycles. The summed E-state index contributed by atoms with van der Waals surface area (Å²) in [6, 6.07) is 6.45. The van der Waals surface area contributed by atoms with Crippen molar-refractivity contribution in [3.63, 3.8) is 0 Å². The first-order valence-corrected chi connectivity index (χ1v) is 11.3. The molecule has 1 heterocycles. The molecule has 0 saturated carbocycles. The number of hydrogen-bond donors (Lipinski definition) is 1. The third-order valence-corrected chi connectivity index (χ3v) is 7.45. The first kappa shape index (κ1) is 22.1. The first-order valence-electron chi connectivity index (χ1n) is 9.07. The van der Waals surface area contributed by atoms with Gasteiger partial charge in [0.2, 0.25) is 10.0 Å². The fourth-order valence-electron chi connectivity index (χ4n) is 3.38. The van der Waals surface area contributed by atoms with Crippen LogP contribution in [-0.2, 0) is 14.8 Å². The maximum atomic E-state index is 13.0. The molecular weight excluding hydrogens is 435 g/mol. The average Bonchev–Trinajstić information content (AvgIpc) is 2.65. The molecule has 0 spiro atoms. The molecule has 29 heavy (non-hydrogen) atoms. The van der Waals surface area contributed by atoms with E-state index in [0.717, 1.165) is 16.7 Å². The van der Waals surface area contributed by atoms with Gasteiger partial charge in [-0.3, -0.25) is 4.79 Å². The summed E-state index contributed by atoms with van der Waals surface area (Å²) in [6.45, 7) is 6.84. The van der Waals surface area contributed by atoms with Crippen LogP contribution in [0.5, 0.6) is 0 Å². The number of benzene rings is 2. The number of halogens is 2. The van der Waals surface area contributed by atoms with E-state index in [1.165, 1.54) is 16.4 Å². The van der Waals surface area contributed by atoms with Gasteiger partial charge in [-0.1, -0.05) is 40.9 Å². The first-order chi connectivity index (χ1) is 13.6. The quantitative estimate of drug-likeness (QED) is 0.747. The molecule has 1 fully saturated rings. The number of carbonyl (C=O) groups excluding carboxylic acids is 1. The number of nitrogens with one attached hydrogen (secondary N) is 1. The van der Waals surface area contributed by atoms with Crippen LogP contribution < -0.4 is 5.32 Å². The molecule has 0 unspecified atom stereocenters. The summed E-state index contributed by atoms with van der Waals surface area (Å²) in [5.74, 6) is -0.500. The number of rotatable bonds is 4. The molecule has 1 N–H and O–H groups in total. The van der Waals surface area contributed by atoms with Gasteiger partial charge in [0.05, 0.1) is 28.8 Å². The third-order valence-electron chi connectivity index (χ3n) is 4.77. The predicted octanol–water partition coefficient (Wildman–Crippen LogP) is 4.19. The van der Waals surface area contributed by atoms with Crippen molar-refractivity contribution in [1.29, 1.82) is 0 Å². The Kier molecular flexibility index (Phi) is 6.55. The van der Waals surface area contributed by atoms with Gasteiger partial charge in [0.1, 0.15) is 4.90 Å². The molecule has 0 atom stereocenters. The highest BCUT2D eigenvalue weighted by Crippen LogP contribution is 2.32. The minimum Gasteiger partial charge on any atom is -0.379 e. The molecule has 2 aromatic rings. The van der Waals surface area contributed by atoms with Crippen molar-refractivity contribution >= 4 is 44.8 Å². The van der Waals surface area contributed by atoms with Gasteiger partial charge < -0.3 is 10.1 Å². The Morgan fingerprint density at radius 3 is 2.17 bits per heavy atom. The van der Waals surface area contributed by atoms with Crippen LogP contribution in [0.25, 0.3) is 0 Å². The molecule has 6 nitrogen and oxygen atoms in total. The topological polar surface area (TPSA) is 75.7 Å². The minimum atomic E-state index is -3.88. The number of sulfonamides is 1. The minimum absolute atomic E-state index is 0.0271. The van der Waals surface area contributed by atoms with E-state index in [0.29, 0.717) is 18.9 Å². The smallest absolute Gasteiger partial charge is 0.257 e. The average molecular weight is 457 g/mol. The number of aryl methyl sites for hydroxylation is 3. The monoisotopic (exact) mass is 456 g/mol. The Hall–Kier alpha value is -1.64. The van der Waals surface area contributed by atoms with E-state index in [1.807, 2.05) is 32.9 Å². The zero-order chi connectivity index (χ0) is 21.3. The number of nitrogens with zero attached hydrogens (tertiary/aromatic N) is 1. The van der Waals surface area contributed by atoms with Crippen LogP contribution >= 0.6 is 23.2 Å². The molecule has 1 aliphatic rings. The van der Waals surface area contributed by atoms with Gasteiger partial charge >= 0.3 is 0 Å². The molecular formula is C20H22Cl2N2O4S. The van der Waals surface area contributed by atoms with Crippen LogP contribution in [0, 0.1) is 20.8 Å². The van der Waals surface area contributed by atoms with Crippen molar-refractivity contribution in [2.45, 2.75) is 25.7 Å². The highest BCUT2D eigenvalue weighted by molar-refractivity contribution is 7.89. The summed E-state index contributed by atoms with van der Waals surface area (Å²) in [5.41, 5.74) is 3.61. The molecule has 0 radical (unpaired) electrons. The zero-order valence-corrected chi connectivity index (χ0v) is 18.7. The Morgan fingerprint density at radius 1 is 1.00 bits per heavy atom. The number of anilines is 1. The molecule has 0 aliphatic carbocycles. The standard InChI is InChI=1S/C20H22Cl2N2O4S/c1-12-8-13(2)19(14(3)9-12)23-20(25)15-10-18(17(22)11-16(15)21)29(26,27)24-4-6-28-7-5-24/h8-11H,4-7H2,1-3H3,(H,23,25). The zero-order valence-electron chi connectivity index (χ0n) is 16.4. The molecule has 9 heteroatoms. The second-order valence-corrected chi connectivity index (χ2v) is 9.73. The highest BCUT2D eigenvalue weighted by atomic mass is 35.5. The van der Waals surface area contributed by atoms with Gasteiger partial charge in [-0.2, -0.15) is 4.31 Å². The molecule has 2 aromatic carbocycles. The Morgan fingerprint density at radius 2 is 1.59 bits per heavy atom. The number of morpholine rings is 1. The summed E-state index contributed by atoms with van der Waals surface area (Å²) in [6.07, 6.45) is 0. The van der Waals surface area contributed by atoms with Crippen LogP contribution in [-0.4, -0.2) is 44.9 Å². The Balaban J connectivity index is 1.98. The van der Waals surface area contributed by atoms with Crippen LogP contribution in [0.4, 0.5) is 5.69 Å². The van der Waals surface area contributed by atoms with Gasteiger partial charge in [-0.05, 0) is 44.0 Å². The summed E-state index contributed by atoms with van der Waals surface area (Å²) in [5, 5.41) is 2.90. The molecule has 1 aliphatic heterocycles. The van der Waals surface area contributed by atoms with Crippen molar-refractivity contribution in [3.8, 4) is 0 Å². The summed E-state index contributed by atoms with van der Waals surface area (Å²) in [4.78, 5) is 12.8. The van der Waals surface area contributed by atoms with Crippen molar-refractivity contribution in [2.75, 3.05) is 31.6 Å². The van der Waals surface area contributed by atoms with E-state index in [2.05, 4.69) is 5.32 Å². The van der Waals surface area contributed by atoms with Gasteiger partial charge in [-0.25, -0.2) is 8.42 Å². The van der Waals surface area contributed by atoms with E-state index < -0.39 is 15.9 Å². The van der Waals surface area contributed by atoms with Gasteiger partial charge in [-0.15, -0.1) is 0 Å². The Bertz CT molecular complexity index is 1040.